The van der Waals surface area contributed by atoms with Crippen LogP contribution in [0.15, 0.2) is 66.7 Å². The van der Waals surface area contributed by atoms with Crippen LogP contribution in [0.4, 0.5) is 0 Å². The third-order valence-corrected chi connectivity index (χ3v) is 4.21. The van der Waals surface area contributed by atoms with Crippen molar-refractivity contribution in [3.05, 3.63) is 100 Å². The van der Waals surface area contributed by atoms with Crippen LogP contribution in [0.1, 0.15) is 33.4 Å². The number of benzene rings is 3. The fraction of sp³-hybridized carbons (Fsp3) is 0.120. The van der Waals surface area contributed by atoms with Crippen molar-refractivity contribution in [1.29, 1.82) is 0 Å². The fourth-order valence-corrected chi connectivity index (χ4v) is 2.56. The van der Waals surface area contributed by atoms with Crippen molar-refractivity contribution in [2.75, 3.05) is 0 Å². The van der Waals surface area contributed by atoms with Crippen LogP contribution in [0.2, 0.25) is 6.82 Å². The molecule has 0 heterocycles. The van der Waals surface area contributed by atoms with E-state index in [0.717, 1.165) is 27.8 Å². The number of hydrogen-bond acceptors (Lipinski definition) is 0. The van der Waals surface area contributed by atoms with Crippen LogP contribution in [0.5, 0.6) is 0 Å². The summed E-state index contributed by atoms with van der Waals surface area (Å²) < 4.78 is 0. The highest BCUT2D eigenvalue weighted by atomic mass is 14.0. The first kappa shape index (κ1) is 17.7. The van der Waals surface area contributed by atoms with Crippen LogP contribution >= 0.6 is 0 Å². The number of rotatable bonds is 1. The quantitative estimate of drug-likeness (QED) is 0.456. The second-order valence-electron chi connectivity index (χ2n) is 6.31. The van der Waals surface area contributed by atoms with Gasteiger partial charge in [0.25, 0.3) is 0 Å². The van der Waals surface area contributed by atoms with Crippen molar-refractivity contribution in [3.63, 3.8) is 0 Å². The monoisotopic (exact) mass is 331 g/mol. The van der Waals surface area contributed by atoms with Gasteiger partial charge in [-0.25, -0.2) is 0 Å². The molecule has 1 heteroatoms. The second kappa shape index (κ2) is 8.29. The summed E-state index contributed by atoms with van der Waals surface area (Å²) in [5.74, 6) is 12.9. The molecule has 0 aliphatic carbocycles. The van der Waals surface area contributed by atoms with Crippen LogP contribution in [0.3, 0.4) is 0 Å². The van der Waals surface area contributed by atoms with Gasteiger partial charge in [-0.1, -0.05) is 65.8 Å². The number of hydrogen-bond donors (Lipinski definition) is 0. The summed E-state index contributed by atoms with van der Waals surface area (Å²) in [5.41, 5.74) is 7.71. The summed E-state index contributed by atoms with van der Waals surface area (Å²) in [4.78, 5) is 0. The highest BCUT2D eigenvalue weighted by Crippen LogP contribution is 2.10. The largest absolute Gasteiger partial charge is 0.148 e. The molecule has 0 saturated heterocycles. The Labute approximate surface area is 157 Å². The molecular weight excluding hydrogens is 311 g/mol. The van der Waals surface area contributed by atoms with Gasteiger partial charge in [0.2, 0.25) is 0 Å². The summed E-state index contributed by atoms with van der Waals surface area (Å²) >= 11 is 0. The minimum absolute atomic E-state index is 1.01. The molecule has 0 aliphatic heterocycles. The van der Waals surface area contributed by atoms with Crippen molar-refractivity contribution in [2.45, 2.75) is 20.7 Å². The maximum Gasteiger partial charge on any atom is 0.148 e. The first-order chi connectivity index (χ1) is 12.6. The van der Waals surface area contributed by atoms with Gasteiger partial charge in [0.15, 0.2) is 0 Å². The molecule has 0 aromatic heterocycles. The van der Waals surface area contributed by atoms with Gasteiger partial charge in [-0.3, -0.25) is 0 Å². The average Bonchev–Trinajstić information content (AvgIpc) is 2.67. The lowest BCUT2D eigenvalue weighted by atomic mass is 9.73. The fourth-order valence-electron chi connectivity index (χ4n) is 2.56. The van der Waals surface area contributed by atoms with E-state index in [1.165, 1.54) is 11.0 Å². The van der Waals surface area contributed by atoms with E-state index in [4.69, 9.17) is 0 Å². The Morgan fingerprint density at radius 2 is 1.15 bits per heavy atom. The molecule has 0 fully saturated rings. The van der Waals surface area contributed by atoms with E-state index in [0.29, 0.717) is 0 Å². The van der Waals surface area contributed by atoms with Gasteiger partial charge in [0, 0.05) is 22.3 Å². The highest BCUT2D eigenvalue weighted by Gasteiger charge is 1.96. The third-order valence-electron chi connectivity index (χ3n) is 4.21. The Balaban J connectivity index is 1.77. The summed E-state index contributed by atoms with van der Waals surface area (Å²) in [6, 6.07) is 22.7. The van der Waals surface area contributed by atoms with E-state index in [9.17, 15) is 0 Å². The molecule has 0 aliphatic rings. The first-order valence-electron chi connectivity index (χ1n) is 8.75. The van der Waals surface area contributed by atoms with E-state index in [-0.39, 0.29) is 0 Å². The molecule has 1 radical (unpaired) electrons. The molecule has 0 saturated carbocycles. The normalized spacial score (nSPS) is 9.50. The Bertz CT molecular complexity index is 1020. The van der Waals surface area contributed by atoms with Gasteiger partial charge in [-0.05, 0) is 61.9 Å². The van der Waals surface area contributed by atoms with E-state index >= 15 is 0 Å². The van der Waals surface area contributed by atoms with Crippen molar-refractivity contribution in [3.8, 4) is 23.7 Å². The summed E-state index contributed by atoms with van der Waals surface area (Å²) in [6.07, 6.45) is 0. The van der Waals surface area contributed by atoms with E-state index < -0.39 is 0 Å². The van der Waals surface area contributed by atoms with Crippen LogP contribution in [0, 0.1) is 37.5 Å². The zero-order valence-corrected chi connectivity index (χ0v) is 15.4. The standard InChI is InChI=1S/C25H20B/c1-19-4-6-21(7-5-19)10-14-24-15-11-23(18-20(24)2)9-8-22-12-16-25(26-3)17-13-22/h4-7,11-13,15-18H,1-3H3. The second-order valence-corrected chi connectivity index (χ2v) is 6.31. The Kier molecular flexibility index (Phi) is 5.63. The predicted molar refractivity (Wildman–Crippen MR) is 112 cm³/mol. The Morgan fingerprint density at radius 1 is 0.615 bits per heavy atom. The molecule has 0 unspecified atom stereocenters. The van der Waals surface area contributed by atoms with Crippen molar-refractivity contribution in [1.82, 2.24) is 0 Å². The predicted octanol–water partition coefficient (Wildman–Crippen LogP) is 4.48. The van der Waals surface area contributed by atoms with Crippen molar-refractivity contribution >= 4 is 12.7 Å². The lowest BCUT2D eigenvalue weighted by molar-refractivity contribution is 1.42. The maximum absolute atomic E-state index is 3.26. The third kappa shape index (κ3) is 4.69. The Morgan fingerprint density at radius 3 is 1.77 bits per heavy atom. The van der Waals surface area contributed by atoms with Gasteiger partial charge in [0.1, 0.15) is 7.28 Å². The van der Waals surface area contributed by atoms with Crippen LogP contribution < -0.4 is 5.46 Å². The molecule has 0 nitrogen and oxygen atoms in total. The molecule has 0 spiro atoms. The van der Waals surface area contributed by atoms with E-state index in [1.54, 1.807) is 0 Å². The van der Waals surface area contributed by atoms with Gasteiger partial charge >= 0.3 is 0 Å². The molecule has 3 rings (SSSR count). The SMILES string of the molecule is C[B]c1ccc(C#Cc2ccc(C#Cc3ccc(C)cc3)c(C)c2)cc1. The lowest BCUT2D eigenvalue weighted by Gasteiger charge is -1.99. The van der Waals surface area contributed by atoms with Gasteiger partial charge < -0.3 is 0 Å². The Hall–Kier alpha value is -3.16. The topological polar surface area (TPSA) is 0 Å². The molecule has 3 aromatic carbocycles. The average molecular weight is 331 g/mol. The number of aryl methyl sites for hydroxylation is 2. The van der Waals surface area contributed by atoms with E-state index in [2.05, 4.69) is 105 Å². The molecular formula is C25H20B. The molecule has 3 aromatic rings. The van der Waals surface area contributed by atoms with E-state index in [1.807, 2.05) is 12.9 Å². The molecule has 123 valence electrons. The molecule has 0 atom stereocenters. The van der Waals surface area contributed by atoms with Crippen molar-refractivity contribution < 1.29 is 0 Å². The lowest BCUT2D eigenvalue weighted by Crippen LogP contribution is -2.08. The minimum Gasteiger partial charge on any atom is -0.0880 e. The molecule has 0 N–H and O–H groups in total. The molecule has 26 heavy (non-hydrogen) atoms. The highest BCUT2D eigenvalue weighted by molar-refractivity contribution is 6.51. The zero-order chi connectivity index (χ0) is 18.4. The summed E-state index contributed by atoms with van der Waals surface area (Å²) in [7, 11) is 2.08. The smallest absolute Gasteiger partial charge is 0.0880 e. The van der Waals surface area contributed by atoms with Gasteiger partial charge in [-0.15, -0.1) is 0 Å². The van der Waals surface area contributed by atoms with Gasteiger partial charge in [0.05, 0.1) is 0 Å². The zero-order valence-electron chi connectivity index (χ0n) is 15.4. The first-order valence-corrected chi connectivity index (χ1v) is 8.75. The van der Waals surface area contributed by atoms with Crippen LogP contribution in [-0.2, 0) is 0 Å². The molecule has 0 amide bonds. The van der Waals surface area contributed by atoms with Crippen LogP contribution in [-0.4, -0.2) is 7.28 Å². The summed E-state index contributed by atoms with van der Waals surface area (Å²) in [6.45, 7) is 6.20. The summed E-state index contributed by atoms with van der Waals surface area (Å²) in [5, 5.41) is 0. The maximum atomic E-state index is 3.26. The molecule has 0 bridgehead atoms. The van der Waals surface area contributed by atoms with Gasteiger partial charge in [-0.2, -0.15) is 0 Å². The van der Waals surface area contributed by atoms with Crippen LogP contribution in [0.25, 0.3) is 0 Å². The minimum atomic E-state index is 1.01. The van der Waals surface area contributed by atoms with Crippen molar-refractivity contribution in [2.24, 2.45) is 0 Å².